The summed E-state index contributed by atoms with van der Waals surface area (Å²) in [6.45, 7) is 5.46. The van der Waals surface area contributed by atoms with E-state index in [1.54, 1.807) is 0 Å². The average molecular weight is 428 g/mol. The number of nitrogens with zero attached hydrogens (tertiary/aromatic N) is 1. The Kier molecular flexibility index (Phi) is 7.71. The number of nitrogens with one attached hydrogen (secondary N) is 2. The average Bonchev–Trinajstić information content (AvgIpc) is 3.42. The number of amides is 2. The Balaban J connectivity index is 1.81. The van der Waals surface area contributed by atoms with E-state index < -0.39 is 17.9 Å². The van der Waals surface area contributed by atoms with Crippen molar-refractivity contribution < 1.29 is 19.1 Å². The largest absolute Gasteiger partial charge is 0.469 e. The van der Waals surface area contributed by atoms with Gasteiger partial charge in [-0.3, -0.25) is 14.4 Å². The van der Waals surface area contributed by atoms with Gasteiger partial charge >= 0.3 is 5.97 Å². The summed E-state index contributed by atoms with van der Waals surface area (Å²) >= 11 is 0. The van der Waals surface area contributed by atoms with Gasteiger partial charge in [0.25, 0.3) is 0 Å². The van der Waals surface area contributed by atoms with Gasteiger partial charge in [-0.15, -0.1) is 0 Å². The molecule has 2 amide bonds. The van der Waals surface area contributed by atoms with E-state index in [1.165, 1.54) is 7.11 Å². The molecule has 31 heavy (non-hydrogen) atoms. The van der Waals surface area contributed by atoms with E-state index in [1.807, 2.05) is 49.2 Å². The highest BCUT2D eigenvalue weighted by molar-refractivity contribution is 5.91. The maximum absolute atomic E-state index is 13.3. The van der Waals surface area contributed by atoms with Gasteiger partial charge in [-0.25, -0.2) is 0 Å². The molecule has 1 aromatic heterocycles. The standard InChI is InChI=1S/C24H33N3O4/c1-16(2)12-17(14-22(28)31-3)23(29)26-21(24(30)27-10-6-7-11-27)13-18-15-25-20-9-5-4-8-19(18)20/h4-5,8-9,15-17,21,25H,6-7,10-14H2,1-3H3,(H,26,29)/t17-,21+/m1/s1. The van der Waals surface area contributed by atoms with Crippen molar-refractivity contribution in [2.45, 2.75) is 52.0 Å². The van der Waals surface area contributed by atoms with Crippen LogP contribution in [0.2, 0.25) is 0 Å². The van der Waals surface area contributed by atoms with Crippen LogP contribution in [0.25, 0.3) is 10.9 Å². The van der Waals surface area contributed by atoms with Crippen LogP contribution in [0.5, 0.6) is 0 Å². The van der Waals surface area contributed by atoms with Crippen LogP contribution in [0.3, 0.4) is 0 Å². The number of aromatic nitrogens is 1. The first-order valence-corrected chi connectivity index (χ1v) is 11.1. The normalized spacial score (nSPS) is 15.8. The highest BCUT2D eigenvalue weighted by Gasteiger charge is 2.32. The summed E-state index contributed by atoms with van der Waals surface area (Å²) in [5, 5.41) is 4.03. The number of para-hydroxylation sites is 1. The lowest BCUT2D eigenvalue weighted by atomic mass is 9.92. The lowest BCUT2D eigenvalue weighted by molar-refractivity contribution is -0.145. The third-order valence-electron chi connectivity index (χ3n) is 5.90. The Labute approximate surface area is 183 Å². The van der Waals surface area contributed by atoms with Gasteiger partial charge in [0, 0.05) is 42.5 Å². The lowest BCUT2D eigenvalue weighted by Crippen LogP contribution is -2.50. The molecule has 2 atom stereocenters. The van der Waals surface area contributed by atoms with Crippen molar-refractivity contribution in [1.82, 2.24) is 15.2 Å². The summed E-state index contributed by atoms with van der Waals surface area (Å²) in [4.78, 5) is 43.4. The molecule has 0 saturated carbocycles. The molecular weight excluding hydrogens is 394 g/mol. The molecule has 2 aromatic rings. The maximum Gasteiger partial charge on any atom is 0.306 e. The van der Waals surface area contributed by atoms with Crippen molar-refractivity contribution >= 4 is 28.7 Å². The van der Waals surface area contributed by atoms with E-state index in [0.29, 0.717) is 12.8 Å². The summed E-state index contributed by atoms with van der Waals surface area (Å²) in [5.41, 5.74) is 1.99. The molecule has 0 spiro atoms. The number of ether oxygens (including phenoxy) is 1. The SMILES string of the molecule is COC(=O)C[C@@H](CC(C)C)C(=O)N[C@@H](Cc1c[nH]c2ccccc12)C(=O)N1CCCC1. The van der Waals surface area contributed by atoms with Crippen LogP contribution in [-0.4, -0.2) is 53.9 Å². The number of H-pyrrole nitrogens is 1. The number of aromatic amines is 1. The number of carbonyl (C=O) groups is 3. The summed E-state index contributed by atoms with van der Waals surface area (Å²) in [7, 11) is 1.32. The van der Waals surface area contributed by atoms with Gasteiger partial charge in [0.2, 0.25) is 11.8 Å². The topological polar surface area (TPSA) is 91.5 Å². The van der Waals surface area contributed by atoms with E-state index in [0.717, 1.165) is 42.4 Å². The van der Waals surface area contributed by atoms with Crippen LogP contribution < -0.4 is 5.32 Å². The van der Waals surface area contributed by atoms with Crippen LogP contribution in [0.15, 0.2) is 30.5 Å². The van der Waals surface area contributed by atoms with E-state index >= 15 is 0 Å². The third-order valence-corrected chi connectivity index (χ3v) is 5.90. The molecule has 2 N–H and O–H groups in total. The summed E-state index contributed by atoms with van der Waals surface area (Å²) in [5.74, 6) is -1.03. The van der Waals surface area contributed by atoms with Crippen molar-refractivity contribution in [3.63, 3.8) is 0 Å². The number of carbonyl (C=O) groups excluding carboxylic acids is 3. The molecule has 0 radical (unpaired) electrons. The quantitative estimate of drug-likeness (QED) is 0.602. The monoisotopic (exact) mass is 427 g/mol. The lowest BCUT2D eigenvalue weighted by Gasteiger charge is -2.26. The molecule has 1 aliphatic heterocycles. The van der Waals surface area contributed by atoms with Crippen molar-refractivity contribution in [3.05, 3.63) is 36.0 Å². The minimum Gasteiger partial charge on any atom is -0.469 e. The molecule has 0 aliphatic carbocycles. The van der Waals surface area contributed by atoms with Gasteiger partial charge in [0.05, 0.1) is 13.5 Å². The van der Waals surface area contributed by atoms with Gasteiger partial charge in [-0.05, 0) is 36.8 Å². The smallest absolute Gasteiger partial charge is 0.306 e. The number of hydrogen-bond acceptors (Lipinski definition) is 4. The number of likely N-dealkylation sites (tertiary alicyclic amines) is 1. The van der Waals surface area contributed by atoms with Crippen molar-refractivity contribution in [2.75, 3.05) is 20.2 Å². The molecule has 7 nitrogen and oxygen atoms in total. The van der Waals surface area contributed by atoms with Crippen LogP contribution in [0.4, 0.5) is 0 Å². The highest BCUT2D eigenvalue weighted by atomic mass is 16.5. The first-order valence-electron chi connectivity index (χ1n) is 11.1. The predicted octanol–water partition coefficient (Wildman–Crippen LogP) is 3.04. The van der Waals surface area contributed by atoms with Gasteiger partial charge in [0.15, 0.2) is 0 Å². The molecule has 7 heteroatoms. The number of hydrogen-bond donors (Lipinski definition) is 2. The second kappa shape index (κ2) is 10.5. The molecular formula is C24H33N3O4. The zero-order valence-electron chi connectivity index (χ0n) is 18.6. The molecule has 0 bridgehead atoms. The van der Waals surface area contributed by atoms with Gasteiger partial charge in [0.1, 0.15) is 6.04 Å². The fourth-order valence-corrected chi connectivity index (χ4v) is 4.30. The Bertz CT molecular complexity index is 914. The Morgan fingerprint density at radius 3 is 2.55 bits per heavy atom. The summed E-state index contributed by atoms with van der Waals surface area (Å²) < 4.78 is 4.78. The summed E-state index contributed by atoms with van der Waals surface area (Å²) in [6.07, 6.45) is 4.84. The number of esters is 1. The van der Waals surface area contributed by atoms with Crippen molar-refractivity contribution in [3.8, 4) is 0 Å². The van der Waals surface area contributed by atoms with E-state index in [2.05, 4.69) is 10.3 Å². The molecule has 3 rings (SSSR count). The number of methoxy groups -OCH3 is 1. The van der Waals surface area contributed by atoms with Crippen LogP contribution in [-0.2, 0) is 25.5 Å². The maximum atomic E-state index is 13.3. The molecule has 0 unspecified atom stereocenters. The first kappa shape index (κ1) is 22.8. The molecule has 1 aliphatic rings. The van der Waals surface area contributed by atoms with Gasteiger partial charge in [-0.2, -0.15) is 0 Å². The Hall–Kier alpha value is -2.83. The van der Waals surface area contributed by atoms with Crippen molar-refractivity contribution in [1.29, 1.82) is 0 Å². The third kappa shape index (κ3) is 5.87. The minimum absolute atomic E-state index is 0.0121. The molecule has 1 fully saturated rings. The minimum atomic E-state index is -0.669. The summed E-state index contributed by atoms with van der Waals surface area (Å²) in [6, 6.07) is 7.26. The zero-order valence-corrected chi connectivity index (χ0v) is 18.6. The molecule has 2 heterocycles. The van der Waals surface area contributed by atoms with Crippen LogP contribution >= 0.6 is 0 Å². The Morgan fingerprint density at radius 1 is 1.16 bits per heavy atom. The molecule has 1 aromatic carbocycles. The zero-order chi connectivity index (χ0) is 22.4. The molecule has 1 saturated heterocycles. The fourth-order valence-electron chi connectivity index (χ4n) is 4.30. The van der Waals surface area contributed by atoms with E-state index in [-0.39, 0.29) is 24.2 Å². The van der Waals surface area contributed by atoms with Gasteiger partial charge in [-0.1, -0.05) is 32.0 Å². The molecule has 168 valence electrons. The van der Waals surface area contributed by atoms with E-state index in [9.17, 15) is 14.4 Å². The first-order chi connectivity index (χ1) is 14.9. The van der Waals surface area contributed by atoms with E-state index in [4.69, 9.17) is 4.74 Å². The highest BCUT2D eigenvalue weighted by Crippen LogP contribution is 2.22. The second-order valence-electron chi connectivity index (χ2n) is 8.76. The number of benzene rings is 1. The van der Waals surface area contributed by atoms with Gasteiger partial charge < -0.3 is 19.9 Å². The number of rotatable bonds is 9. The number of fused-ring (bicyclic) bond motifs is 1. The van der Waals surface area contributed by atoms with Crippen LogP contribution in [0, 0.1) is 11.8 Å². The second-order valence-corrected chi connectivity index (χ2v) is 8.76. The van der Waals surface area contributed by atoms with Crippen LogP contribution in [0.1, 0.15) is 45.1 Å². The fraction of sp³-hybridized carbons (Fsp3) is 0.542. The Morgan fingerprint density at radius 2 is 1.87 bits per heavy atom. The predicted molar refractivity (Wildman–Crippen MR) is 119 cm³/mol. The van der Waals surface area contributed by atoms with Crippen molar-refractivity contribution in [2.24, 2.45) is 11.8 Å².